The summed E-state index contributed by atoms with van der Waals surface area (Å²) in [5.41, 5.74) is 0. The van der Waals surface area contributed by atoms with Crippen LogP contribution in [0.3, 0.4) is 0 Å². The number of ether oxygens (including phenoxy) is 2. The predicted octanol–water partition coefficient (Wildman–Crippen LogP) is -0.390. The summed E-state index contributed by atoms with van der Waals surface area (Å²) in [7, 11) is -3.53. The average Bonchev–Trinajstić information content (AvgIpc) is 2.68. The van der Waals surface area contributed by atoms with Crippen LogP contribution in [-0.4, -0.2) is 88.2 Å². The maximum absolute atomic E-state index is 12.9. The van der Waals surface area contributed by atoms with Crippen LogP contribution in [0, 0.1) is 0 Å². The van der Waals surface area contributed by atoms with Gasteiger partial charge in [-0.15, -0.1) is 0 Å². The predicted molar refractivity (Wildman–Crippen MR) is 109 cm³/mol. The number of benzene rings is 1. The van der Waals surface area contributed by atoms with Crippen molar-refractivity contribution < 1.29 is 27.6 Å². The number of carbonyl (C=O) groups excluding carboxylic acids is 1. The van der Waals surface area contributed by atoms with Gasteiger partial charge < -0.3 is 19.3 Å². The van der Waals surface area contributed by atoms with E-state index in [1.165, 1.54) is 4.31 Å². The van der Waals surface area contributed by atoms with Gasteiger partial charge in [-0.2, -0.15) is 4.31 Å². The lowest BCUT2D eigenvalue weighted by Gasteiger charge is -2.37. The second-order valence-corrected chi connectivity index (χ2v) is 9.73. The van der Waals surface area contributed by atoms with Crippen LogP contribution in [0.2, 0.25) is 0 Å². The lowest BCUT2D eigenvalue weighted by atomic mass is 10.2. The van der Waals surface area contributed by atoms with Crippen molar-refractivity contribution in [1.29, 1.82) is 0 Å². The highest BCUT2D eigenvalue weighted by atomic mass is 32.2. The van der Waals surface area contributed by atoms with E-state index in [0.717, 1.165) is 4.90 Å². The number of sulfonamides is 1. The Morgan fingerprint density at radius 1 is 1.14 bits per heavy atom. The van der Waals surface area contributed by atoms with Crippen LogP contribution in [0.25, 0.3) is 0 Å². The van der Waals surface area contributed by atoms with E-state index < -0.39 is 10.0 Å². The first-order valence-corrected chi connectivity index (χ1v) is 11.7. The van der Waals surface area contributed by atoms with Gasteiger partial charge in [0.25, 0.3) is 5.91 Å². The number of piperazine rings is 1. The van der Waals surface area contributed by atoms with E-state index in [-0.39, 0.29) is 23.0 Å². The zero-order chi connectivity index (χ0) is 21.0. The highest BCUT2D eigenvalue weighted by molar-refractivity contribution is 7.89. The van der Waals surface area contributed by atoms with Gasteiger partial charge in [0.15, 0.2) is 6.54 Å². The zero-order valence-electron chi connectivity index (χ0n) is 17.5. The molecule has 2 heterocycles. The number of carbonyl (C=O) groups is 1. The quantitative estimate of drug-likeness (QED) is 0.670. The molecule has 162 valence electrons. The number of nitrogens with one attached hydrogen (secondary N) is 1. The number of quaternary nitrogens is 1. The third kappa shape index (κ3) is 5.48. The normalized spacial score (nSPS) is 24.4. The molecule has 2 atom stereocenters. The van der Waals surface area contributed by atoms with Crippen LogP contribution in [0.4, 0.5) is 0 Å². The number of nitrogens with zero attached hydrogens (tertiary/aromatic N) is 2. The fourth-order valence-corrected chi connectivity index (χ4v) is 5.39. The van der Waals surface area contributed by atoms with Crippen LogP contribution in [0.15, 0.2) is 29.2 Å². The average molecular weight is 427 g/mol. The maximum Gasteiger partial charge on any atom is 0.277 e. The molecule has 0 aliphatic carbocycles. The minimum atomic E-state index is -3.53. The van der Waals surface area contributed by atoms with Gasteiger partial charge in [0, 0.05) is 13.1 Å². The zero-order valence-corrected chi connectivity index (χ0v) is 18.3. The molecule has 1 amide bonds. The first-order chi connectivity index (χ1) is 13.8. The molecule has 0 saturated carbocycles. The van der Waals surface area contributed by atoms with E-state index in [0.29, 0.717) is 58.2 Å². The Morgan fingerprint density at radius 3 is 2.28 bits per heavy atom. The Morgan fingerprint density at radius 2 is 1.72 bits per heavy atom. The van der Waals surface area contributed by atoms with Gasteiger partial charge in [-0.1, -0.05) is 0 Å². The Bertz CT molecular complexity index is 781. The van der Waals surface area contributed by atoms with Gasteiger partial charge in [-0.3, -0.25) is 4.79 Å². The third-order valence-corrected chi connectivity index (χ3v) is 7.29. The summed E-state index contributed by atoms with van der Waals surface area (Å²) < 4.78 is 38.4. The molecule has 8 nitrogen and oxygen atoms in total. The largest absolute Gasteiger partial charge is 0.494 e. The van der Waals surface area contributed by atoms with Gasteiger partial charge in [-0.25, -0.2) is 8.42 Å². The molecule has 2 fully saturated rings. The topological polar surface area (TPSA) is 80.6 Å². The number of amides is 1. The summed E-state index contributed by atoms with van der Waals surface area (Å²) in [5, 5.41) is 0. The lowest BCUT2D eigenvalue weighted by Crippen LogP contribution is -3.15. The Hall–Kier alpha value is -1.68. The van der Waals surface area contributed by atoms with Crippen molar-refractivity contribution in [2.45, 2.75) is 37.9 Å². The van der Waals surface area contributed by atoms with Crippen molar-refractivity contribution in [1.82, 2.24) is 9.21 Å². The van der Waals surface area contributed by atoms with E-state index in [9.17, 15) is 13.2 Å². The van der Waals surface area contributed by atoms with Gasteiger partial charge in [-0.05, 0) is 45.0 Å². The second kappa shape index (κ2) is 9.42. The molecule has 0 aromatic heterocycles. The van der Waals surface area contributed by atoms with Crippen molar-refractivity contribution >= 4 is 15.9 Å². The second-order valence-electron chi connectivity index (χ2n) is 7.79. The molecule has 2 aliphatic heterocycles. The summed E-state index contributed by atoms with van der Waals surface area (Å²) in [5.74, 6) is 0.774. The number of rotatable bonds is 6. The summed E-state index contributed by atoms with van der Waals surface area (Å²) in [6, 6.07) is 6.54. The molecule has 2 aliphatic rings. The fraction of sp³-hybridized carbons (Fsp3) is 0.650. The molecule has 3 rings (SSSR count). The molecule has 1 aromatic rings. The van der Waals surface area contributed by atoms with Crippen molar-refractivity contribution in [3.8, 4) is 5.75 Å². The smallest absolute Gasteiger partial charge is 0.277 e. The van der Waals surface area contributed by atoms with E-state index in [1.807, 2.05) is 25.7 Å². The van der Waals surface area contributed by atoms with Crippen LogP contribution >= 0.6 is 0 Å². The van der Waals surface area contributed by atoms with Crippen molar-refractivity contribution in [3.05, 3.63) is 24.3 Å². The first kappa shape index (κ1) is 22.0. The Labute approximate surface area is 173 Å². The highest BCUT2D eigenvalue weighted by Gasteiger charge is 2.33. The number of morpholine rings is 1. The summed E-state index contributed by atoms with van der Waals surface area (Å²) in [4.78, 5) is 15.9. The van der Waals surface area contributed by atoms with Crippen molar-refractivity contribution in [2.24, 2.45) is 0 Å². The molecule has 0 bridgehead atoms. The van der Waals surface area contributed by atoms with E-state index in [2.05, 4.69) is 0 Å². The molecule has 0 unspecified atom stereocenters. The van der Waals surface area contributed by atoms with Crippen molar-refractivity contribution in [3.63, 3.8) is 0 Å². The van der Waals surface area contributed by atoms with Crippen molar-refractivity contribution in [2.75, 3.05) is 52.4 Å². The standard InChI is InChI=1S/C20H31N3O5S/c1-4-27-18-5-7-19(8-6-18)29(25,26)23-11-9-21(10-12-23)15-20(24)22-13-16(2)28-17(3)14-22/h5-8,16-17H,4,9-15H2,1-3H3/p+1/t16-,17-/m0/s1. The highest BCUT2D eigenvalue weighted by Crippen LogP contribution is 2.19. The molecule has 0 spiro atoms. The molecule has 0 radical (unpaired) electrons. The van der Waals surface area contributed by atoms with E-state index >= 15 is 0 Å². The minimum Gasteiger partial charge on any atom is -0.494 e. The van der Waals surface area contributed by atoms with Gasteiger partial charge in [0.1, 0.15) is 5.75 Å². The summed E-state index contributed by atoms with van der Waals surface area (Å²) in [6.07, 6.45) is 0.0996. The maximum atomic E-state index is 12.9. The summed E-state index contributed by atoms with van der Waals surface area (Å²) >= 11 is 0. The molecule has 29 heavy (non-hydrogen) atoms. The van der Waals surface area contributed by atoms with Crippen LogP contribution in [0.5, 0.6) is 5.75 Å². The molecular weight excluding hydrogens is 394 g/mol. The summed E-state index contributed by atoms with van der Waals surface area (Å²) in [6.45, 7) is 10.1. The fourth-order valence-electron chi connectivity index (χ4n) is 3.95. The number of hydrogen-bond donors (Lipinski definition) is 1. The third-order valence-electron chi connectivity index (χ3n) is 5.38. The van der Waals surface area contributed by atoms with Crippen LogP contribution in [-0.2, 0) is 19.6 Å². The van der Waals surface area contributed by atoms with E-state index in [4.69, 9.17) is 9.47 Å². The Balaban J connectivity index is 1.53. The first-order valence-electron chi connectivity index (χ1n) is 10.3. The Kier molecular flexibility index (Phi) is 7.15. The van der Waals surface area contributed by atoms with Gasteiger partial charge >= 0.3 is 0 Å². The SMILES string of the molecule is CCOc1ccc(S(=O)(=O)N2CC[NH+](CC(=O)N3C[C@H](C)O[C@@H](C)C3)CC2)cc1. The molecule has 1 N–H and O–H groups in total. The minimum absolute atomic E-state index is 0.0498. The van der Waals surface area contributed by atoms with Gasteiger partial charge in [0.2, 0.25) is 10.0 Å². The van der Waals surface area contributed by atoms with Gasteiger partial charge in [0.05, 0.1) is 49.9 Å². The monoisotopic (exact) mass is 426 g/mol. The molecule has 9 heteroatoms. The lowest BCUT2D eigenvalue weighted by molar-refractivity contribution is -0.896. The number of hydrogen-bond acceptors (Lipinski definition) is 5. The molecular formula is C20H32N3O5S+. The van der Waals surface area contributed by atoms with Crippen LogP contribution < -0.4 is 9.64 Å². The van der Waals surface area contributed by atoms with Crippen LogP contribution in [0.1, 0.15) is 20.8 Å². The molecule has 1 aromatic carbocycles. The van der Waals surface area contributed by atoms with E-state index in [1.54, 1.807) is 24.3 Å². The molecule has 2 saturated heterocycles.